The molecule has 1 N–H and O–H groups in total. The fourth-order valence-corrected chi connectivity index (χ4v) is 2.24. The first kappa shape index (κ1) is 14.0. The molecule has 4 heteroatoms. The van der Waals surface area contributed by atoms with Gasteiger partial charge in [-0.15, -0.1) is 11.3 Å². The molecule has 17 heavy (non-hydrogen) atoms. The number of thiophene rings is 1. The standard InChI is InChI=1S/C13H20O3S/c1-2-3-4-5-6-7-8-16-11-9-12(13(14)15)17-10-11/h9-10H,2-8H2,1H3,(H,14,15). The zero-order chi connectivity index (χ0) is 12.5. The number of aromatic carboxylic acids is 1. The summed E-state index contributed by atoms with van der Waals surface area (Å²) in [7, 11) is 0. The van der Waals surface area contributed by atoms with Crippen molar-refractivity contribution in [1.82, 2.24) is 0 Å². The third kappa shape index (κ3) is 5.73. The van der Waals surface area contributed by atoms with E-state index in [-0.39, 0.29) is 0 Å². The van der Waals surface area contributed by atoms with Crippen LogP contribution >= 0.6 is 11.3 Å². The average Bonchev–Trinajstić information content (AvgIpc) is 2.77. The molecule has 0 fully saturated rings. The van der Waals surface area contributed by atoms with Gasteiger partial charge < -0.3 is 9.84 Å². The third-order valence-electron chi connectivity index (χ3n) is 2.55. The molecular weight excluding hydrogens is 236 g/mol. The van der Waals surface area contributed by atoms with Crippen LogP contribution in [0.15, 0.2) is 11.4 Å². The van der Waals surface area contributed by atoms with Crippen LogP contribution in [0.1, 0.15) is 55.1 Å². The summed E-state index contributed by atoms with van der Waals surface area (Å²) in [6.07, 6.45) is 7.38. The number of hydrogen-bond donors (Lipinski definition) is 1. The van der Waals surface area contributed by atoms with Crippen LogP contribution in [0.4, 0.5) is 0 Å². The van der Waals surface area contributed by atoms with Gasteiger partial charge in [0.05, 0.1) is 6.61 Å². The van der Waals surface area contributed by atoms with Gasteiger partial charge in [-0.3, -0.25) is 0 Å². The van der Waals surface area contributed by atoms with Gasteiger partial charge >= 0.3 is 5.97 Å². The molecule has 1 aromatic heterocycles. The summed E-state index contributed by atoms with van der Waals surface area (Å²) in [5.74, 6) is -0.203. The zero-order valence-corrected chi connectivity index (χ0v) is 11.1. The Morgan fingerprint density at radius 1 is 1.29 bits per heavy atom. The number of carboxylic acids is 1. The maximum absolute atomic E-state index is 10.6. The number of hydrogen-bond acceptors (Lipinski definition) is 3. The van der Waals surface area contributed by atoms with Gasteiger partial charge in [-0.05, 0) is 6.42 Å². The predicted molar refractivity (Wildman–Crippen MR) is 70.1 cm³/mol. The van der Waals surface area contributed by atoms with Crippen LogP contribution < -0.4 is 4.74 Å². The number of carboxylic acid groups (broad SMARTS) is 1. The molecule has 0 aromatic carbocycles. The summed E-state index contributed by atoms with van der Waals surface area (Å²) in [5, 5.41) is 10.5. The van der Waals surface area contributed by atoms with Gasteiger partial charge in [0.15, 0.2) is 0 Å². The lowest BCUT2D eigenvalue weighted by molar-refractivity contribution is 0.0702. The highest BCUT2D eigenvalue weighted by atomic mass is 32.1. The molecule has 0 unspecified atom stereocenters. The molecule has 1 aromatic rings. The molecule has 0 aliphatic carbocycles. The maximum Gasteiger partial charge on any atom is 0.346 e. The Labute approximate surface area is 106 Å². The summed E-state index contributed by atoms with van der Waals surface area (Å²) >= 11 is 1.21. The van der Waals surface area contributed by atoms with Gasteiger partial charge in [-0.2, -0.15) is 0 Å². The van der Waals surface area contributed by atoms with Gasteiger partial charge in [0.2, 0.25) is 0 Å². The quantitative estimate of drug-likeness (QED) is 0.674. The molecule has 1 heterocycles. The van der Waals surface area contributed by atoms with Crippen LogP contribution in [0, 0.1) is 0 Å². The van der Waals surface area contributed by atoms with Crippen molar-refractivity contribution in [3.05, 3.63) is 16.3 Å². The van der Waals surface area contributed by atoms with Gasteiger partial charge in [0, 0.05) is 11.4 Å². The maximum atomic E-state index is 10.6. The minimum Gasteiger partial charge on any atom is -0.493 e. The van der Waals surface area contributed by atoms with E-state index in [0.717, 1.165) is 6.42 Å². The lowest BCUT2D eigenvalue weighted by Crippen LogP contribution is -1.96. The van der Waals surface area contributed by atoms with Crippen molar-refractivity contribution >= 4 is 17.3 Å². The minimum atomic E-state index is -0.885. The highest BCUT2D eigenvalue weighted by Gasteiger charge is 2.06. The Morgan fingerprint density at radius 2 is 2.00 bits per heavy atom. The minimum absolute atomic E-state index is 0.336. The molecule has 3 nitrogen and oxygen atoms in total. The molecule has 0 aliphatic rings. The monoisotopic (exact) mass is 256 g/mol. The highest BCUT2D eigenvalue weighted by molar-refractivity contribution is 7.12. The molecule has 0 saturated carbocycles. The van der Waals surface area contributed by atoms with E-state index >= 15 is 0 Å². The van der Waals surface area contributed by atoms with E-state index in [9.17, 15) is 4.79 Å². The molecular formula is C13H20O3S. The lowest BCUT2D eigenvalue weighted by Gasteiger charge is -2.03. The van der Waals surface area contributed by atoms with E-state index in [0.29, 0.717) is 17.2 Å². The van der Waals surface area contributed by atoms with Gasteiger partial charge in [-0.1, -0.05) is 39.0 Å². The van der Waals surface area contributed by atoms with Crippen LogP contribution in [0.5, 0.6) is 5.75 Å². The van der Waals surface area contributed by atoms with E-state index < -0.39 is 5.97 Å². The Hall–Kier alpha value is -1.03. The van der Waals surface area contributed by atoms with Crippen molar-refractivity contribution in [2.75, 3.05) is 6.61 Å². The second-order valence-corrected chi connectivity index (χ2v) is 4.98. The fourth-order valence-electron chi connectivity index (χ4n) is 1.58. The van der Waals surface area contributed by atoms with Crippen molar-refractivity contribution in [2.45, 2.75) is 45.4 Å². The number of unbranched alkanes of at least 4 members (excludes halogenated alkanes) is 5. The molecule has 1 rings (SSSR count). The van der Waals surface area contributed by atoms with Crippen LogP contribution in [0.2, 0.25) is 0 Å². The third-order valence-corrected chi connectivity index (χ3v) is 3.45. The van der Waals surface area contributed by atoms with Crippen molar-refractivity contribution in [3.8, 4) is 5.75 Å². The van der Waals surface area contributed by atoms with Crippen LogP contribution in [0.3, 0.4) is 0 Å². The van der Waals surface area contributed by atoms with Gasteiger partial charge in [0.1, 0.15) is 10.6 Å². The van der Waals surface area contributed by atoms with E-state index in [1.807, 2.05) is 0 Å². The molecule has 0 bridgehead atoms. The van der Waals surface area contributed by atoms with Crippen molar-refractivity contribution in [1.29, 1.82) is 0 Å². The second-order valence-electron chi connectivity index (χ2n) is 4.07. The van der Waals surface area contributed by atoms with Crippen LogP contribution in [-0.4, -0.2) is 17.7 Å². The summed E-state index contributed by atoms with van der Waals surface area (Å²) < 4.78 is 5.49. The average molecular weight is 256 g/mol. The largest absolute Gasteiger partial charge is 0.493 e. The Bertz CT molecular complexity index is 333. The first-order valence-electron chi connectivity index (χ1n) is 6.18. The Kier molecular flexibility index (Phi) is 6.70. The van der Waals surface area contributed by atoms with Gasteiger partial charge in [0.25, 0.3) is 0 Å². The molecule has 0 radical (unpaired) electrons. The summed E-state index contributed by atoms with van der Waals surface area (Å²) in [5.41, 5.74) is 0. The first-order valence-corrected chi connectivity index (χ1v) is 7.06. The van der Waals surface area contributed by atoms with Crippen LogP contribution in [0.25, 0.3) is 0 Å². The normalized spacial score (nSPS) is 10.4. The summed E-state index contributed by atoms with van der Waals surface area (Å²) in [6, 6.07) is 1.59. The Balaban J connectivity index is 2.07. The number of carbonyl (C=O) groups is 1. The van der Waals surface area contributed by atoms with E-state index in [1.54, 1.807) is 11.4 Å². The molecule has 0 aliphatic heterocycles. The number of ether oxygens (including phenoxy) is 1. The summed E-state index contributed by atoms with van der Waals surface area (Å²) in [6.45, 7) is 2.89. The van der Waals surface area contributed by atoms with E-state index in [2.05, 4.69) is 6.92 Å². The first-order chi connectivity index (χ1) is 8.24. The van der Waals surface area contributed by atoms with Crippen molar-refractivity contribution in [3.63, 3.8) is 0 Å². The van der Waals surface area contributed by atoms with E-state index in [4.69, 9.17) is 9.84 Å². The van der Waals surface area contributed by atoms with E-state index in [1.165, 1.54) is 43.4 Å². The zero-order valence-electron chi connectivity index (χ0n) is 10.3. The highest BCUT2D eigenvalue weighted by Crippen LogP contribution is 2.21. The molecule has 0 atom stereocenters. The number of rotatable bonds is 9. The molecule has 96 valence electrons. The van der Waals surface area contributed by atoms with Crippen molar-refractivity contribution in [2.24, 2.45) is 0 Å². The van der Waals surface area contributed by atoms with Crippen molar-refractivity contribution < 1.29 is 14.6 Å². The lowest BCUT2D eigenvalue weighted by atomic mass is 10.1. The second kappa shape index (κ2) is 8.12. The smallest absolute Gasteiger partial charge is 0.346 e. The fraction of sp³-hybridized carbons (Fsp3) is 0.615. The Morgan fingerprint density at radius 3 is 2.65 bits per heavy atom. The predicted octanol–water partition coefficient (Wildman–Crippen LogP) is 4.19. The molecule has 0 spiro atoms. The van der Waals surface area contributed by atoms with Gasteiger partial charge in [-0.25, -0.2) is 4.79 Å². The molecule has 0 saturated heterocycles. The SMILES string of the molecule is CCCCCCCCOc1csc(C(=O)O)c1. The molecule has 0 amide bonds. The summed E-state index contributed by atoms with van der Waals surface area (Å²) in [4.78, 5) is 11.0. The topological polar surface area (TPSA) is 46.5 Å². The van der Waals surface area contributed by atoms with Crippen LogP contribution in [-0.2, 0) is 0 Å².